The Labute approximate surface area is 129 Å². The van der Waals surface area contributed by atoms with Crippen LogP contribution in [0.15, 0.2) is 23.8 Å². The molecule has 1 nitrogen and oxygen atoms in total. The van der Waals surface area contributed by atoms with E-state index in [2.05, 4.69) is 20.4 Å². The summed E-state index contributed by atoms with van der Waals surface area (Å²) >= 11 is 0. The van der Waals surface area contributed by atoms with Crippen molar-refractivity contribution in [1.29, 1.82) is 0 Å². The van der Waals surface area contributed by atoms with Crippen molar-refractivity contribution in [2.75, 3.05) is 0 Å². The second-order valence-electron chi connectivity index (χ2n) is 8.29. The summed E-state index contributed by atoms with van der Waals surface area (Å²) < 4.78 is 0. The lowest BCUT2D eigenvalue weighted by Gasteiger charge is -2.36. The Morgan fingerprint density at radius 2 is 2.14 bits per heavy atom. The third-order valence-electron chi connectivity index (χ3n) is 6.78. The van der Waals surface area contributed by atoms with Crippen LogP contribution < -0.4 is 0 Å². The van der Waals surface area contributed by atoms with E-state index < -0.39 is 0 Å². The Hall–Kier alpha value is -0.850. The van der Waals surface area contributed by atoms with Crippen LogP contribution in [0.1, 0.15) is 59.8 Å². The number of carbonyl (C=O) groups excluding carboxylic acids is 1. The molecule has 0 N–H and O–H groups in total. The van der Waals surface area contributed by atoms with Crippen molar-refractivity contribution >= 4 is 5.78 Å². The molecule has 21 heavy (non-hydrogen) atoms. The minimum absolute atomic E-state index is 0.319. The van der Waals surface area contributed by atoms with Crippen LogP contribution in [0.5, 0.6) is 0 Å². The van der Waals surface area contributed by atoms with Gasteiger partial charge in [0, 0.05) is 6.42 Å². The van der Waals surface area contributed by atoms with Gasteiger partial charge >= 0.3 is 0 Å². The molecule has 6 atom stereocenters. The normalized spacial score (nSPS) is 42.0. The summed E-state index contributed by atoms with van der Waals surface area (Å²) in [5.41, 5.74) is 3.23. The zero-order chi connectivity index (χ0) is 15.4. The standard InChI is InChI=1S/C20H30O/c1-12(2)10-16(21)11-14(4)17-7-6-15(5)20-9-8-13(3)18(20)19(17)20/h10,14-15,17-19H,3,6-9,11H2,1-2,4-5H3/t14-,15+,17-,18+,19+,20?/m1/s1. The molecule has 0 saturated heterocycles. The van der Waals surface area contributed by atoms with Gasteiger partial charge in [0.05, 0.1) is 0 Å². The summed E-state index contributed by atoms with van der Waals surface area (Å²) in [6.07, 6.45) is 7.85. The first kappa shape index (κ1) is 15.1. The van der Waals surface area contributed by atoms with E-state index in [1.54, 1.807) is 0 Å². The van der Waals surface area contributed by atoms with Gasteiger partial charge in [0.15, 0.2) is 5.78 Å². The molecule has 1 spiro atoms. The van der Waals surface area contributed by atoms with Crippen molar-refractivity contribution in [3.63, 3.8) is 0 Å². The van der Waals surface area contributed by atoms with Gasteiger partial charge in [0.1, 0.15) is 0 Å². The van der Waals surface area contributed by atoms with Gasteiger partial charge in [0.2, 0.25) is 0 Å². The second-order valence-corrected chi connectivity index (χ2v) is 8.29. The number of rotatable bonds is 4. The average molecular weight is 286 g/mol. The molecule has 3 aliphatic carbocycles. The van der Waals surface area contributed by atoms with Crippen LogP contribution in [0.2, 0.25) is 0 Å². The van der Waals surface area contributed by atoms with Gasteiger partial charge in [-0.2, -0.15) is 0 Å². The third kappa shape index (κ3) is 2.24. The van der Waals surface area contributed by atoms with Crippen LogP contribution in [0.3, 0.4) is 0 Å². The molecule has 1 heteroatoms. The van der Waals surface area contributed by atoms with Crippen LogP contribution in [-0.2, 0) is 4.79 Å². The lowest BCUT2D eigenvalue weighted by Crippen LogP contribution is -2.29. The molecule has 0 amide bonds. The quantitative estimate of drug-likeness (QED) is 0.514. The van der Waals surface area contributed by atoms with Crippen molar-refractivity contribution in [3.05, 3.63) is 23.8 Å². The minimum Gasteiger partial charge on any atom is -0.295 e. The highest BCUT2D eigenvalue weighted by Crippen LogP contribution is 2.79. The Kier molecular flexibility index (Phi) is 3.66. The summed E-state index contributed by atoms with van der Waals surface area (Å²) in [6.45, 7) is 13.1. The smallest absolute Gasteiger partial charge is 0.155 e. The predicted molar refractivity (Wildman–Crippen MR) is 87.9 cm³/mol. The van der Waals surface area contributed by atoms with Crippen molar-refractivity contribution in [3.8, 4) is 0 Å². The SMILES string of the molecule is C=C1CCC23[C@@H]([C@@H]([C@H](C)CC(=O)C=C(C)C)CC[C@@H]2C)[C@H]13. The molecule has 1 unspecified atom stereocenters. The minimum atomic E-state index is 0.319. The van der Waals surface area contributed by atoms with Crippen LogP contribution in [0.25, 0.3) is 0 Å². The van der Waals surface area contributed by atoms with Gasteiger partial charge in [-0.05, 0) is 80.6 Å². The van der Waals surface area contributed by atoms with E-state index in [0.717, 1.165) is 35.7 Å². The maximum Gasteiger partial charge on any atom is 0.155 e. The van der Waals surface area contributed by atoms with Crippen LogP contribution in [0.4, 0.5) is 0 Å². The molecular formula is C20H30O. The topological polar surface area (TPSA) is 17.1 Å². The number of fused-ring (bicyclic) bond motifs is 1. The summed E-state index contributed by atoms with van der Waals surface area (Å²) in [5, 5.41) is 0. The fourth-order valence-corrected chi connectivity index (χ4v) is 5.88. The number of allylic oxidation sites excluding steroid dienone is 3. The monoisotopic (exact) mass is 286 g/mol. The molecule has 0 aromatic heterocycles. The first-order valence-corrected chi connectivity index (χ1v) is 8.73. The molecule has 3 aliphatic rings. The van der Waals surface area contributed by atoms with Crippen molar-refractivity contribution < 1.29 is 4.79 Å². The Bertz CT molecular complexity index is 496. The average Bonchev–Trinajstić information content (AvgIpc) is 2.95. The highest BCUT2D eigenvalue weighted by atomic mass is 16.1. The van der Waals surface area contributed by atoms with Crippen molar-refractivity contribution in [2.24, 2.45) is 35.0 Å². The van der Waals surface area contributed by atoms with E-state index in [4.69, 9.17) is 0 Å². The fourth-order valence-electron chi connectivity index (χ4n) is 5.88. The number of hydrogen-bond acceptors (Lipinski definition) is 1. The van der Waals surface area contributed by atoms with E-state index in [9.17, 15) is 4.79 Å². The zero-order valence-corrected chi connectivity index (χ0v) is 14.1. The van der Waals surface area contributed by atoms with E-state index >= 15 is 0 Å². The molecule has 0 heterocycles. The van der Waals surface area contributed by atoms with Crippen molar-refractivity contribution in [2.45, 2.75) is 59.8 Å². The summed E-state index contributed by atoms with van der Waals surface area (Å²) in [7, 11) is 0. The molecule has 0 aromatic rings. The lowest BCUT2D eigenvalue weighted by molar-refractivity contribution is -0.116. The molecule has 3 saturated carbocycles. The first-order valence-electron chi connectivity index (χ1n) is 8.73. The number of ketones is 1. The van der Waals surface area contributed by atoms with Gasteiger partial charge < -0.3 is 0 Å². The second kappa shape index (κ2) is 5.11. The fraction of sp³-hybridized carbons (Fsp3) is 0.750. The van der Waals surface area contributed by atoms with Gasteiger partial charge in [-0.25, -0.2) is 0 Å². The van der Waals surface area contributed by atoms with E-state index in [0.29, 0.717) is 17.1 Å². The van der Waals surface area contributed by atoms with Crippen molar-refractivity contribution in [1.82, 2.24) is 0 Å². The molecule has 3 fully saturated rings. The van der Waals surface area contributed by atoms with Gasteiger partial charge in [0.25, 0.3) is 0 Å². The van der Waals surface area contributed by atoms with Gasteiger partial charge in [-0.1, -0.05) is 31.6 Å². The Balaban J connectivity index is 1.71. The predicted octanol–water partition coefficient (Wildman–Crippen LogP) is 5.18. The number of hydrogen-bond donors (Lipinski definition) is 0. The van der Waals surface area contributed by atoms with E-state index in [1.807, 2.05) is 19.9 Å². The van der Waals surface area contributed by atoms with E-state index in [1.165, 1.54) is 31.3 Å². The summed E-state index contributed by atoms with van der Waals surface area (Å²) in [4.78, 5) is 12.1. The molecular weight excluding hydrogens is 256 g/mol. The largest absolute Gasteiger partial charge is 0.295 e. The van der Waals surface area contributed by atoms with E-state index in [-0.39, 0.29) is 0 Å². The maximum absolute atomic E-state index is 12.1. The van der Waals surface area contributed by atoms with Crippen LogP contribution in [0, 0.1) is 35.0 Å². The number of carbonyl (C=O) groups is 1. The summed E-state index contributed by atoms with van der Waals surface area (Å²) in [6, 6.07) is 0. The molecule has 3 rings (SSSR count). The molecule has 0 bridgehead atoms. The van der Waals surface area contributed by atoms with Crippen LogP contribution >= 0.6 is 0 Å². The Morgan fingerprint density at radius 3 is 2.81 bits per heavy atom. The highest BCUT2D eigenvalue weighted by Gasteiger charge is 2.73. The zero-order valence-electron chi connectivity index (χ0n) is 14.1. The Morgan fingerprint density at radius 1 is 1.43 bits per heavy atom. The van der Waals surface area contributed by atoms with Crippen LogP contribution in [-0.4, -0.2) is 5.78 Å². The maximum atomic E-state index is 12.1. The summed E-state index contributed by atoms with van der Waals surface area (Å²) in [5.74, 6) is 4.10. The first-order chi connectivity index (χ1) is 9.87. The highest BCUT2D eigenvalue weighted by molar-refractivity contribution is 5.90. The van der Waals surface area contributed by atoms with Gasteiger partial charge in [-0.15, -0.1) is 0 Å². The molecule has 0 radical (unpaired) electrons. The molecule has 0 aliphatic heterocycles. The molecule has 116 valence electrons. The third-order valence-corrected chi connectivity index (χ3v) is 6.78. The molecule has 0 aromatic carbocycles. The lowest BCUT2D eigenvalue weighted by atomic mass is 9.68. The van der Waals surface area contributed by atoms with Gasteiger partial charge in [-0.3, -0.25) is 4.79 Å².